The van der Waals surface area contributed by atoms with Crippen LogP contribution in [0.5, 0.6) is 0 Å². The van der Waals surface area contributed by atoms with Crippen molar-refractivity contribution in [1.82, 2.24) is 25.4 Å². The Kier molecular flexibility index (Phi) is 8.38. The molecule has 1 heterocycles. The first-order valence-electron chi connectivity index (χ1n) is 9.82. The molecule has 0 aliphatic heterocycles. The van der Waals surface area contributed by atoms with Crippen LogP contribution in [0.2, 0.25) is 0 Å². The van der Waals surface area contributed by atoms with Gasteiger partial charge >= 0.3 is 6.18 Å². The van der Waals surface area contributed by atoms with Crippen molar-refractivity contribution in [2.75, 3.05) is 0 Å². The van der Waals surface area contributed by atoms with E-state index < -0.39 is 12.1 Å². The summed E-state index contributed by atoms with van der Waals surface area (Å²) in [5.74, 6) is 1.10. The van der Waals surface area contributed by atoms with E-state index in [2.05, 4.69) is 25.8 Å². The highest BCUT2D eigenvalue weighted by Crippen LogP contribution is 2.37. The Bertz CT molecular complexity index is 646. The van der Waals surface area contributed by atoms with Crippen LogP contribution in [0.1, 0.15) is 63.0 Å². The third-order valence-corrected chi connectivity index (χ3v) is 5.79. The number of rotatable bonds is 4. The van der Waals surface area contributed by atoms with Gasteiger partial charge in [0.1, 0.15) is 12.4 Å². The normalized spacial score (nSPS) is 24.1. The zero-order valence-corrected chi connectivity index (χ0v) is 18.8. The van der Waals surface area contributed by atoms with Crippen LogP contribution in [0.15, 0.2) is 4.99 Å². The molecule has 10 heteroatoms. The lowest BCUT2D eigenvalue weighted by molar-refractivity contribution is -0.182. The second-order valence-corrected chi connectivity index (χ2v) is 7.75. The van der Waals surface area contributed by atoms with E-state index in [-0.39, 0.29) is 42.9 Å². The van der Waals surface area contributed by atoms with E-state index in [4.69, 9.17) is 0 Å². The highest BCUT2D eigenvalue weighted by molar-refractivity contribution is 14.0. The van der Waals surface area contributed by atoms with E-state index in [1.165, 1.54) is 12.8 Å². The second-order valence-electron chi connectivity index (χ2n) is 7.75. The molecule has 1 aromatic heterocycles. The predicted molar refractivity (Wildman–Crippen MR) is 113 cm³/mol. The minimum Gasteiger partial charge on any atom is -0.354 e. The predicted octanol–water partition coefficient (Wildman–Crippen LogP) is 3.84. The molecule has 1 aromatic rings. The molecule has 3 rings (SSSR count). The van der Waals surface area contributed by atoms with Crippen LogP contribution in [-0.4, -0.2) is 39.0 Å². The number of alkyl halides is 3. The zero-order chi connectivity index (χ0) is 19.4. The van der Waals surface area contributed by atoms with Gasteiger partial charge in [-0.2, -0.15) is 13.2 Å². The number of nitrogens with zero attached hydrogens (tertiary/aromatic N) is 4. The van der Waals surface area contributed by atoms with Crippen molar-refractivity contribution < 1.29 is 13.2 Å². The number of aliphatic imine (C=N–C) groups is 1. The molecule has 0 unspecified atom stereocenters. The van der Waals surface area contributed by atoms with Crippen molar-refractivity contribution in [3.63, 3.8) is 0 Å². The molecule has 28 heavy (non-hydrogen) atoms. The van der Waals surface area contributed by atoms with Gasteiger partial charge < -0.3 is 15.2 Å². The van der Waals surface area contributed by atoms with Gasteiger partial charge in [-0.25, -0.2) is 4.99 Å². The number of halogens is 4. The van der Waals surface area contributed by atoms with Crippen LogP contribution < -0.4 is 10.6 Å². The van der Waals surface area contributed by atoms with Crippen LogP contribution in [0, 0.1) is 12.8 Å². The van der Waals surface area contributed by atoms with Crippen molar-refractivity contribution >= 4 is 29.9 Å². The third-order valence-electron chi connectivity index (χ3n) is 5.79. The SMILES string of the molecule is Cc1nnc(CN=C(NC2CCCC2)NC2CCC(C(F)(F)F)CC2)n1C.I. The second kappa shape index (κ2) is 10.1. The number of nitrogens with one attached hydrogen (secondary N) is 2. The Morgan fingerprint density at radius 1 is 1.04 bits per heavy atom. The molecule has 0 amide bonds. The lowest BCUT2D eigenvalue weighted by atomic mass is 9.85. The summed E-state index contributed by atoms with van der Waals surface area (Å²) < 4.78 is 40.5. The van der Waals surface area contributed by atoms with E-state index in [1.807, 2.05) is 18.5 Å². The molecular formula is C18H30F3IN6. The smallest absolute Gasteiger partial charge is 0.354 e. The van der Waals surface area contributed by atoms with Gasteiger partial charge in [-0.15, -0.1) is 34.2 Å². The summed E-state index contributed by atoms with van der Waals surface area (Å²) >= 11 is 0. The highest BCUT2D eigenvalue weighted by atomic mass is 127. The summed E-state index contributed by atoms with van der Waals surface area (Å²) in [5, 5.41) is 15.0. The molecule has 6 nitrogen and oxygen atoms in total. The zero-order valence-electron chi connectivity index (χ0n) is 16.4. The number of aryl methyl sites for hydroxylation is 1. The van der Waals surface area contributed by atoms with Gasteiger partial charge in [0, 0.05) is 19.1 Å². The minimum absolute atomic E-state index is 0. The lowest BCUT2D eigenvalue weighted by Gasteiger charge is -2.31. The molecule has 2 saturated carbocycles. The molecule has 0 atom stereocenters. The fraction of sp³-hybridized carbons (Fsp3) is 0.833. The molecule has 0 saturated heterocycles. The summed E-state index contributed by atoms with van der Waals surface area (Å²) in [5.41, 5.74) is 0. The van der Waals surface area contributed by atoms with Crippen LogP contribution in [0.25, 0.3) is 0 Å². The molecule has 2 aliphatic rings. The van der Waals surface area contributed by atoms with Crippen molar-refractivity contribution in [2.24, 2.45) is 18.0 Å². The topological polar surface area (TPSA) is 67.1 Å². The summed E-state index contributed by atoms with van der Waals surface area (Å²) in [7, 11) is 1.90. The Morgan fingerprint density at radius 2 is 1.61 bits per heavy atom. The standard InChI is InChI=1S/C18H29F3N6.HI/c1-12-25-26-16(27(12)2)11-22-17(23-14-5-3-4-6-14)24-15-9-7-13(8-10-15)18(19,20)21;/h13-15H,3-11H2,1-2H3,(H2,22,23,24);1H. The maximum Gasteiger partial charge on any atom is 0.391 e. The molecule has 0 spiro atoms. The van der Waals surface area contributed by atoms with Crippen molar-refractivity contribution in [2.45, 2.75) is 83.1 Å². The number of guanidine groups is 1. The largest absolute Gasteiger partial charge is 0.391 e. The van der Waals surface area contributed by atoms with E-state index >= 15 is 0 Å². The van der Waals surface area contributed by atoms with Gasteiger partial charge in [0.25, 0.3) is 0 Å². The molecule has 160 valence electrons. The fourth-order valence-corrected chi connectivity index (χ4v) is 3.89. The summed E-state index contributed by atoms with van der Waals surface area (Å²) in [4.78, 5) is 4.64. The first-order valence-corrected chi connectivity index (χ1v) is 9.82. The van der Waals surface area contributed by atoms with E-state index in [9.17, 15) is 13.2 Å². The van der Waals surface area contributed by atoms with Gasteiger partial charge in [0.05, 0.1) is 5.92 Å². The highest BCUT2D eigenvalue weighted by Gasteiger charge is 2.41. The number of hydrogen-bond acceptors (Lipinski definition) is 3. The van der Waals surface area contributed by atoms with E-state index in [0.717, 1.165) is 24.5 Å². The average Bonchev–Trinajstić information content (AvgIpc) is 3.24. The summed E-state index contributed by atoms with van der Waals surface area (Å²) in [6.45, 7) is 2.27. The maximum absolute atomic E-state index is 12.9. The van der Waals surface area contributed by atoms with Crippen molar-refractivity contribution in [1.29, 1.82) is 0 Å². The Labute approximate surface area is 181 Å². The van der Waals surface area contributed by atoms with Crippen LogP contribution in [-0.2, 0) is 13.6 Å². The first kappa shape index (κ1) is 23.2. The van der Waals surface area contributed by atoms with E-state index in [0.29, 0.717) is 31.4 Å². The molecular weight excluding hydrogens is 484 g/mol. The van der Waals surface area contributed by atoms with Gasteiger partial charge in [-0.05, 0) is 45.4 Å². The fourth-order valence-electron chi connectivity index (χ4n) is 3.89. The van der Waals surface area contributed by atoms with Crippen LogP contribution in [0.3, 0.4) is 0 Å². The van der Waals surface area contributed by atoms with Gasteiger partial charge in [-0.3, -0.25) is 0 Å². The average molecular weight is 514 g/mol. The van der Waals surface area contributed by atoms with Crippen molar-refractivity contribution in [3.05, 3.63) is 11.6 Å². The van der Waals surface area contributed by atoms with E-state index in [1.54, 1.807) is 0 Å². The van der Waals surface area contributed by atoms with Gasteiger partial charge in [0.2, 0.25) is 0 Å². The summed E-state index contributed by atoms with van der Waals surface area (Å²) in [6, 6.07) is 0.404. The molecule has 0 bridgehead atoms. The maximum atomic E-state index is 12.9. The Balaban J connectivity index is 0.00000280. The molecule has 2 N–H and O–H groups in total. The quantitative estimate of drug-likeness (QED) is 0.364. The molecule has 2 fully saturated rings. The number of aromatic nitrogens is 3. The van der Waals surface area contributed by atoms with Crippen molar-refractivity contribution in [3.8, 4) is 0 Å². The molecule has 2 aliphatic carbocycles. The van der Waals surface area contributed by atoms with Crippen LogP contribution in [0.4, 0.5) is 13.2 Å². The monoisotopic (exact) mass is 514 g/mol. The summed E-state index contributed by atoms with van der Waals surface area (Å²) in [6.07, 6.45) is 1.91. The molecule has 0 aromatic carbocycles. The molecule has 0 radical (unpaired) electrons. The lowest BCUT2D eigenvalue weighted by Crippen LogP contribution is -2.48. The van der Waals surface area contributed by atoms with Gasteiger partial charge in [-0.1, -0.05) is 12.8 Å². The Hall–Kier alpha value is -1.07. The van der Waals surface area contributed by atoms with Gasteiger partial charge in [0.15, 0.2) is 11.8 Å². The Morgan fingerprint density at radius 3 is 2.11 bits per heavy atom. The minimum atomic E-state index is -4.08. The number of hydrogen-bond donors (Lipinski definition) is 2. The third kappa shape index (κ3) is 6.21. The van der Waals surface area contributed by atoms with Crippen LogP contribution >= 0.6 is 24.0 Å². The first-order chi connectivity index (χ1) is 12.8.